The van der Waals surface area contributed by atoms with Gasteiger partial charge in [0, 0.05) is 11.5 Å². The van der Waals surface area contributed by atoms with Gasteiger partial charge in [0.25, 0.3) is 0 Å². The zero-order chi connectivity index (χ0) is 11.4. The second kappa shape index (κ2) is 4.71. The highest BCUT2D eigenvalue weighted by Crippen LogP contribution is 2.29. The Bertz CT molecular complexity index is 455. The summed E-state index contributed by atoms with van der Waals surface area (Å²) in [5.74, 6) is -0.294. The van der Waals surface area contributed by atoms with Gasteiger partial charge in [0.05, 0.1) is 0 Å². The molecule has 2 heteroatoms. The third-order valence-electron chi connectivity index (χ3n) is 2.79. The molecule has 2 rings (SSSR count). The molecule has 1 aliphatic rings. The van der Waals surface area contributed by atoms with Gasteiger partial charge in [-0.15, -0.1) is 0 Å². The topological polar surface area (TPSA) is 34.1 Å². The minimum Gasteiger partial charge on any atom is -0.303 e. The summed E-state index contributed by atoms with van der Waals surface area (Å²) in [6, 6.07) is 9.90. The third kappa shape index (κ3) is 2.01. The fourth-order valence-corrected chi connectivity index (χ4v) is 1.86. The van der Waals surface area contributed by atoms with E-state index >= 15 is 0 Å². The molecular weight excluding hydrogens is 200 g/mol. The van der Waals surface area contributed by atoms with Gasteiger partial charge in [-0.2, -0.15) is 0 Å². The van der Waals surface area contributed by atoms with Crippen LogP contribution in [0, 0.1) is 5.92 Å². The van der Waals surface area contributed by atoms with Crippen LogP contribution in [-0.4, -0.2) is 12.6 Å². The first kappa shape index (κ1) is 10.6. The van der Waals surface area contributed by atoms with E-state index in [1.807, 2.05) is 36.4 Å². The fourth-order valence-electron chi connectivity index (χ4n) is 1.86. The SMILES string of the molecule is O=CC1=CC=C(c2ccccc2)CC1C=O. The molecule has 0 saturated carbocycles. The molecule has 0 amide bonds. The van der Waals surface area contributed by atoms with Gasteiger partial charge in [-0.25, -0.2) is 0 Å². The van der Waals surface area contributed by atoms with E-state index in [9.17, 15) is 9.59 Å². The molecule has 16 heavy (non-hydrogen) atoms. The van der Waals surface area contributed by atoms with Crippen LogP contribution in [0.1, 0.15) is 12.0 Å². The van der Waals surface area contributed by atoms with Gasteiger partial charge in [-0.1, -0.05) is 42.5 Å². The van der Waals surface area contributed by atoms with Crippen molar-refractivity contribution in [1.82, 2.24) is 0 Å². The lowest BCUT2D eigenvalue weighted by atomic mass is 9.86. The molecule has 1 unspecified atom stereocenters. The maximum absolute atomic E-state index is 10.9. The highest BCUT2D eigenvalue weighted by molar-refractivity contribution is 5.86. The van der Waals surface area contributed by atoms with Crippen LogP contribution in [0.15, 0.2) is 48.1 Å². The van der Waals surface area contributed by atoms with E-state index in [2.05, 4.69) is 0 Å². The van der Waals surface area contributed by atoms with Gasteiger partial charge in [0.2, 0.25) is 0 Å². The van der Waals surface area contributed by atoms with Crippen molar-refractivity contribution in [1.29, 1.82) is 0 Å². The number of hydrogen-bond donors (Lipinski definition) is 0. The molecule has 1 aliphatic carbocycles. The zero-order valence-electron chi connectivity index (χ0n) is 8.80. The van der Waals surface area contributed by atoms with Crippen LogP contribution in [0.3, 0.4) is 0 Å². The molecule has 2 nitrogen and oxygen atoms in total. The Morgan fingerprint density at radius 2 is 1.81 bits per heavy atom. The average molecular weight is 212 g/mol. The second-order valence-electron chi connectivity index (χ2n) is 3.79. The molecule has 0 aliphatic heterocycles. The largest absolute Gasteiger partial charge is 0.303 e. The maximum atomic E-state index is 10.9. The number of benzene rings is 1. The lowest BCUT2D eigenvalue weighted by molar-refractivity contribution is -0.112. The Balaban J connectivity index is 2.33. The molecule has 1 aromatic carbocycles. The summed E-state index contributed by atoms with van der Waals surface area (Å²) in [6.07, 6.45) is 5.86. The number of hydrogen-bond acceptors (Lipinski definition) is 2. The van der Waals surface area contributed by atoms with Crippen LogP contribution < -0.4 is 0 Å². The first-order valence-corrected chi connectivity index (χ1v) is 5.22. The van der Waals surface area contributed by atoms with Crippen molar-refractivity contribution < 1.29 is 9.59 Å². The van der Waals surface area contributed by atoms with Gasteiger partial charge >= 0.3 is 0 Å². The summed E-state index contributed by atoms with van der Waals surface area (Å²) in [5, 5.41) is 0. The van der Waals surface area contributed by atoms with Gasteiger partial charge in [0.1, 0.15) is 12.6 Å². The molecule has 1 aromatic rings. The van der Waals surface area contributed by atoms with Crippen molar-refractivity contribution in [2.45, 2.75) is 6.42 Å². The molecule has 0 heterocycles. The van der Waals surface area contributed by atoms with E-state index in [1.165, 1.54) is 0 Å². The smallest absolute Gasteiger partial charge is 0.146 e. The molecule has 0 bridgehead atoms. The average Bonchev–Trinajstić information content (AvgIpc) is 2.39. The Morgan fingerprint density at radius 1 is 1.06 bits per heavy atom. The fraction of sp³-hybridized carbons (Fsp3) is 0.143. The first-order chi connectivity index (χ1) is 7.85. The van der Waals surface area contributed by atoms with Crippen LogP contribution in [0.2, 0.25) is 0 Å². The van der Waals surface area contributed by atoms with Crippen molar-refractivity contribution in [3.63, 3.8) is 0 Å². The molecule has 0 radical (unpaired) electrons. The maximum Gasteiger partial charge on any atom is 0.146 e. The summed E-state index contributed by atoms with van der Waals surface area (Å²) < 4.78 is 0. The minimum atomic E-state index is -0.294. The molecule has 0 fully saturated rings. The van der Waals surface area contributed by atoms with E-state index in [0.717, 1.165) is 23.7 Å². The summed E-state index contributed by atoms with van der Waals surface area (Å²) >= 11 is 0. The lowest BCUT2D eigenvalue weighted by Gasteiger charge is -2.17. The number of allylic oxidation sites excluding steroid dienone is 4. The molecule has 0 N–H and O–H groups in total. The van der Waals surface area contributed by atoms with E-state index in [1.54, 1.807) is 6.08 Å². The predicted molar refractivity (Wildman–Crippen MR) is 62.7 cm³/mol. The molecule has 1 atom stereocenters. The molecular formula is C14H12O2. The molecule has 0 aromatic heterocycles. The Hall–Kier alpha value is -1.96. The lowest BCUT2D eigenvalue weighted by Crippen LogP contribution is -2.11. The third-order valence-corrected chi connectivity index (χ3v) is 2.79. The highest BCUT2D eigenvalue weighted by atomic mass is 16.1. The normalized spacial score (nSPS) is 19.6. The monoisotopic (exact) mass is 212 g/mol. The standard InChI is InChI=1S/C14H12O2/c15-9-13-7-6-12(8-14(13)10-16)11-4-2-1-3-5-11/h1-7,9-10,14H,8H2. The van der Waals surface area contributed by atoms with E-state index in [4.69, 9.17) is 0 Å². The summed E-state index contributed by atoms with van der Waals surface area (Å²) in [4.78, 5) is 21.6. The van der Waals surface area contributed by atoms with Gasteiger partial charge in [-0.3, -0.25) is 4.79 Å². The highest BCUT2D eigenvalue weighted by Gasteiger charge is 2.18. The van der Waals surface area contributed by atoms with Crippen molar-refractivity contribution in [3.05, 3.63) is 53.6 Å². The summed E-state index contributed by atoms with van der Waals surface area (Å²) in [7, 11) is 0. The van der Waals surface area contributed by atoms with Gasteiger partial charge in [-0.05, 0) is 17.6 Å². The number of rotatable bonds is 3. The Labute approximate surface area is 94.3 Å². The Kier molecular flexibility index (Phi) is 3.10. The van der Waals surface area contributed by atoms with Gasteiger partial charge in [0.15, 0.2) is 0 Å². The zero-order valence-corrected chi connectivity index (χ0v) is 8.80. The van der Waals surface area contributed by atoms with E-state index in [-0.39, 0.29) is 5.92 Å². The quantitative estimate of drug-likeness (QED) is 0.721. The second-order valence-corrected chi connectivity index (χ2v) is 3.79. The van der Waals surface area contributed by atoms with Crippen LogP contribution >= 0.6 is 0 Å². The first-order valence-electron chi connectivity index (χ1n) is 5.22. The number of aldehydes is 2. The molecule has 0 spiro atoms. The van der Waals surface area contributed by atoms with Crippen molar-refractivity contribution >= 4 is 18.1 Å². The van der Waals surface area contributed by atoms with Crippen LogP contribution in [0.4, 0.5) is 0 Å². The summed E-state index contributed by atoms with van der Waals surface area (Å²) in [6.45, 7) is 0. The molecule has 0 saturated heterocycles. The van der Waals surface area contributed by atoms with Crippen molar-refractivity contribution in [2.75, 3.05) is 0 Å². The minimum absolute atomic E-state index is 0.294. The van der Waals surface area contributed by atoms with Crippen molar-refractivity contribution in [2.24, 2.45) is 5.92 Å². The molecule has 80 valence electrons. The number of carbonyl (C=O) groups excluding carboxylic acids is 2. The van der Waals surface area contributed by atoms with Crippen LogP contribution in [-0.2, 0) is 9.59 Å². The van der Waals surface area contributed by atoms with Crippen LogP contribution in [0.5, 0.6) is 0 Å². The Morgan fingerprint density at radius 3 is 2.44 bits per heavy atom. The van der Waals surface area contributed by atoms with Crippen molar-refractivity contribution in [3.8, 4) is 0 Å². The van der Waals surface area contributed by atoms with E-state index < -0.39 is 0 Å². The van der Waals surface area contributed by atoms with Gasteiger partial charge < -0.3 is 4.79 Å². The van der Waals surface area contributed by atoms with E-state index in [0.29, 0.717) is 12.0 Å². The number of carbonyl (C=O) groups is 2. The summed E-state index contributed by atoms with van der Waals surface area (Å²) in [5.41, 5.74) is 2.77. The van der Waals surface area contributed by atoms with Crippen LogP contribution in [0.25, 0.3) is 5.57 Å². The predicted octanol–water partition coefficient (Wildman–Crippen LogP) is 2.41.